The van der Waals surface area contributed by atoms with Gasteiger partial charge in [0.1, 0.15) is 16.3 Å². The molecule has 0 unspecified atom stereocenters. The van der Waals surface area contributed by atoms with Crippen LogP contribution in [0.5, 0.6) is 0 Å². The number of hydrogen-bond donors (Lipinski definition) is 1. The third-order valence-electron chi connectivity index (χ3n) is 3.17. The molecule has 0 saturated heterocycles. The van der Waals surface area contributed by atoms with E-state index in [1.807, 2.05) is 0 Å². The molecular formula is C15H10FNO4S. The van der Waals surface area contributed by atoms with Gasteiger partial charge in [-0.2, -0.15) is 0 Å². The molecule has 3 rings (SSSR count). The van der Waals surface area contributed by atoms with Crippen molar-refractivity contribution in [3.05, 3.63) is 60.1 Å². The number of benzene rings is 2. The summed E-state index contributed by atoms with van der Waals surface area (Å²) in [5.41, 5.74) is 5.45. The van der Waals surface area contributed by atoms with E-state index in [1.165, 1.54) is 12.1 Å². The van der Waals surface area contributed by atoms with Gasteiger partial charge in [0.2, 0.25) is 15.6 Å². The van der Waals surface area contributed by atoms with E-state index in [4.69, 9.17) is 10.2 Å². The van der Waals surface area contributed by atoms with Crippen LogP contribution in [0.25, 0.3) is 11.0 Å². The van der Waals surface area contributed by atoms with Crippen LogP contribution in [-0.2, 0) is 9.84 Å². The van der Waals surface area contributed by atoms with Crippen molar-refractivity contribution in [2.24, 2.45) is 5.73 Å². The molecule has 5 nitrogen and oxygen atoms in total. The molecule has 2 N–H and O–H groups in total. The van der Waals surface area contributed by atoms with Crippen molar-refractivity contribution in [2.75, 3.05) is 0 Å². The lowest BCUT2D eigenvalue weighted by Crippen LogP contribution is -2.14. The molecule has 0 aliphatic heterocycles. The molecule has 2 aromatic carbocycles. The molecule has 3 aromatic rings. The number of primary amides is 1. The first-order valence-electron chi connectivity index (χ1n) is 6.23. The highest BCUT2D eigenvalue weighted by Gasteiger charge is 2.30. The van der Waals surface area contributed by atoms with Gasteiger partial charge in [0.25, 0.3) is 5.91 Å². The molecule has 0 atom stereocenters. The van der Waals surface area contributed by atoms with Crippen LogP contribution in [0, 0.1) is 5.82 Å². The molecular weight excluding hydrogens is 309 g/mol. The Morgan fingerprint density at radius 1 is 1.05 bits per heavy atom. The summed E-state index contributed by atoms with van der Waals surface area (Å²) in [6, 6.07) is 10.6. The Morgan fingerprint density at radius 2 is 1.68 bits per heavy atom. The lowest BCUT2D eigenvalue weighted by Gasteiger charge is -2.04. The molecule has 0 spiro atoms. The first kappa shape index (κ1) is 14.3. The monoisotopic (exact) mass is 319 g/mol. The number of carbonyl (C=O) groups is 1. The van der Waals surface area contributed by atoms with E-state index in [-0.39, 0.29) is 20.8 Å². The zero-order valence-corrected chi connectivity index (χ0v) is 11.9. The van der Waals surface area contributed by atoms with E-state index in [2.05, 4.69) is 0 Å². The summed E-state index contributed by atoms with van der Waals surface area (Å²) in [6.45, 7) is 0. The Kier molecular flexibility index (Phi) is 3.22. The standard InChI is InChI=1S/C15H10FNO4S/c16-9-5-7-10(8-6-9)22(19,20)14-11-3-1-2-4-12(11)21-13(14)15(17)18/h1-8H,(H2,17,18). The highest BCUT2D eigenvalue weighted by molar-refractivity contribution is 7.91. The maximum atomic E-state index is 13.0. The van der Waals surface area contributed by atoms with Crippen molar-refractivity contribution >= 4 is 26.7 Å². The minimum Gasteiger partial charge on any atom is -0.449 e. The van der Waals surface area contributed by atoms with Gasteiger partial charge in [-0.05, 0) is 36.4 Å². The van der Waals surface area contributed by atoms with Gasteiger partial charge in [0, 0.05) is 5.39 Å². The SMILES string of the molecule is NC(=O)c1oc2ccccc2c1S(=O)(=O)c1ccc(F)cc1. The van der Waals surface area contributed by atoms with Crippen LogP contribution in [-0.4, -0.2) is 14.3 Å². The first-order chi connectivity index (χ1) is 10.4. The predicted molar refractivity (Wildman–Crippen MR) is 76.6 cm³/mol. The minimum atomic E-state index is -4.08. The fraction of sp³-hybridized carbons (Fsp3) is 0. The Morgan fingerprint density at radius 3 is 2.32 bits per heavy atom. The molecule has 0 aliphatic carbocycles. The Bertz CT molecular complexity index is 974. The Balaban J connectivity index is 2.35. The van der Waals surface area contributed by atoms with Crippen LogP contribution >= 0.6 is 0 Å². The normalized spacial score (nSPS) is 11.7. The van der Waals surface area contributed by atoms with Crippen LogP contribution in [0.15, 0.2) is 62.7 Å². The number of carbonyl (C=O) groups excluding carboxylic acids is 1. The van der Waals surface area contributed by atoms with E-state index in [9.17, 15) is 17.6 Å². The van der Waals surface area contributed by atoms with Crippen molar-refractivity contribution in [3.8, 4) is 0 Å². The zero-order chi connectivity index (χ0) is 15.9. The summed E-state index contributed by atoms with van der Waals surface area (Å²) in [4.78, 5) is 11.1. The van der Waals surface area contributed by atoms with E-state index in [0.29, 0.717) is 0 Å². The van der Waals surface area contributed by atoms with Gasteiger partial charge in [0.05, 0.1) is 4.90 Å². The van der Waals surface area contributed by atoms with Gasteiger partial charge in [-0.3, -0.25) is 4.79 Å². The average Bonchev–Trinajstić information content (AvgIpc) is 2.88. The maximum Gasteiger partial charge on any atom is 0.285 e. The number of para-hydroxylation sites is 1. The summed E-state index contributed by atoms with van der Waals surface area (Å²) in [7, 11) is -4.08. The second kappa shape index (κ2) is 4.96. The molecule has 0 saturated carbocycles. The molecule has 112 valence electrons. The topological polar surface area (TPSA) is 90.4 Å². The molecule has 0 fully saturated rings. The van der Waals surface area contributed by atoms with Gasteiger partial charge in [-0.25, -0.2) is 12.8 Å². The molecule has 7 heteroatoms. The Labute approximate surface area is 125 Å². The van der Waals surface area contributed by atoms with E-state index in [0.717, 1.165) is 24.3 Å². The lowest BCUT2D eigenvalue weighted by molar-refractivity contribution is 0.0971. The molecule has 0 bridgehead atoms. The van der Waals surface area contributed by atoms with Crippen LogP contribution in [0.1, 0.15) is 10.6 Å². The van der Waals surface area contributed by atoms with Crippen molar-refractivity contribution in [3.63, 3.8) is 0 Å². The van der Waals surface area contributed by atoms with Crippen molar-refractivity contribution in [2.45, 2.75) is 9.79 Å². The minimum absolute atomic E-state index is 0.150. The number of furan rings is 1. The van der Waals surface area contributed by atoms with Gasteiger partial charge >= 0.3 is 0 Å². The fourth-order valence-corrected chi connectivity index (χ4v) is 3.76. The van der Waals surface area contributed by atoms with Crippen LogP contribution in [0.3, 0.4) is 0 Å². The summed E-state index contributed by atoms with van der Waals surface area (Å²) < 4.78 is 43.8. The predicted octanol–water partition coefficient (Wildman–Crippen LogP) is 2.50. The number of amides is 1. The largest absolute Gasteiger partial charge is 0.449 e. The van der Waals surface area contributed by atoms with Crippen LogP contribution < -0.4 is 5.73 Å². The summed E-state index contributed by atoms with van der Waals surface area (Å²) in [5.74, 6) is -1.99. The summed E-state index contributed by atoms with van der Waals surface area (Å²) in [6.07, 6.45) is 0. The third-order valence-corrected chi connectivity index (χ3v) is 5.00. The quantitative estimate of drug-likeness (QED) is 0.751. The average molecular weight is 319 g/mol. The van der Waals surface area contributed by atoms with Crippen molar-refractivity contribution in [1.82, 2.24) is 0 Å². The van der Waals surface area contributed by atoms with E-state index in [1.54, 1.807) is 12.1 Å². The van der Waals surface area contributed by atoms with Gasteiger partial charge in [-0.15, -0.1) is 0 Å². The summed E-state index contributed by atoms with van der Waals surface area (Å²) in [5, 5.41) is 0.251. The first-order valence-corrected chi connectivity index (χ1v) is 7.71. The van der Waals surface area contributed by atoms with Gasteiger partial charge in [-0.1, -0.05) is 12.1 Å². The van der Waals surface area contributed by atoms with Gasteiger partial charge in [0.15, 0.2) is 0 Å². The Hall–Kier alpha value is -2.67. The molecule has 22 heavy (non-hydrogen) atoms. The fourth-order valence-electron chi connectivity index (χ4n) is 2.18. The smallest absolute Gasteiger partial charge is 0.285 e. The second-order valence-corrected chi connectivity index (χ2v) is 6.46. The molecule has 1 amide bonds. The zero-order valence-electron chi connectivity index (χ0n) is 11.1. The third kappa shape index (κ3) is 2.15. The molecule has 1 aromatic heterocycles. The number of hydrogen-bond acceptors (Lipinski definition) is 4. The number of fused-ring (bicyclic) bond motifs is 1. The van der Waals surface area contributed by atoms with Gasteiger partial charge < -0.3 is 10.2 Å². The molecule has 0 radical (unpaired) electrons. The van der Waals surface area contributed by atoms with Crippen LogP contribution in [0.4, 0.5) is 4.39 Å². The number of halogens is 1. The molecule has 0 aliphatic rings. The lowest BCUT2D eigenvalue weighted by atomic mass is 10.2. The number of sulfone groups is 1. The molecule has 1 heterocycles. The van der Waals surface area contributed by atoms with E-state index >= 15 is 0 Å². The summed E-state index contributed by atoms with van der Waals surface area (Å²) >= 11 is 0. The number of nitrogens with two attached hydrogens (primary N) is 1. The maximum absolute atomic E-state index is 13.0. The number of rotatable bonds is 3. The van der Waals surface area contributed by atoms with Crippen LogP contribution in [0.2, 0.25) is 0 Å². The highest BCUT2D eigenvalue weighted by Crippen LogP contribution is 2.33. The van der Waals surface area contributed by atoms with Crippen molar-refractivity contribution < 1.29 is 22.0 Å². The highest BCUT2D eigenvalue weighted by atomic mass is 32.2. The van der Waals surface area contributed by atoms with Crippen molar-refractivity contribution in [1.29, 1.82) is 0 Å². The van der Waals surface area contributed by atoms with E-state index < -0.39 is 27.3 Å². The second-order valence-electron chi connectivity index (χ2n) is 4.58.